The molecule has 4 aromatic rings. The maximum Gasteiger partial charge on any atom is 0.225 e. The number of anilines is 1. The van der Waals surface area contributed by atoms with Crippen molar-refractivity contribution in [3.05, 3.63) is 70.4 Å². The maximum absolute atomic E-state index is 13.6. The summed E-state index contributed by atoms with van der Waals surface area (Å²) < 4.78 is 28.9. The van der Waals surface area contributed by atoms with Gasteiger partial charge in [0.15, 0.2) is 17.3 Å². The van der Waals surface area contributed by atoms with Gasteiger partial charge in [0.25, 0.3) is 0 Å². The van der Waals surface area contributed by atoms with Crippen LogP contribution in [0.5, 0.6) is 0 Å². The molecule has 37 heavy (non-hydrogen) atoms. The van der Waals surface area contributed by atoms with Gasteiger partial charge in [0.05, 0.1) is 11.2 Å². The quantitative estimate of drug-likeness (QED) is 0.331. The van der Waals surface area contributed by atoms with Crippen molar-refractivity contribution in [1.29, 1.82) is 0 Å². The lowest BCUT2D eigenvalue weighted by Gasteiger charge is -2.24. The van der Waals surface area contributed by atoms with Gasteiger partial charge in [-0.3, -0.25) is 4.79 Å². The normalized spacial score (nSPS) is 15.7. The fraction of sp³-hybridized carbons (Fsp3) is 0.333. The summed E-state index contributed by atoms with van der Waals surface area (Å²) in [6, 6.07) is 9.37. The Morgan fingerprint density at radius 2 is 2.00 bits per heavy atom. The van der Waals surface area contributed by atoms with Gasteiger partial charge in [0, 0.05) is 25.1 Å². The molecule has 1 atom stereocenters. The van der Waals surface area contributed by atoms with Crippen LogP contribution in [-0.4, -0.2) is 38.4 Å². The predicted octanol–water partition coefficient (Wildman–Crippen LogP) is 5.17. The number of ketones is 1. The standard InChI is InChI=1S/C27H27ClF2N6O/c1-16(37)9-17-4-6-20(21(28)10-17)25-34-24-14-33-27(32-13-18-5-7-22(29)23(30)11-18)35-26(24)36(25)15-19-3-2-8-31-12-19/h4-7,10-11,14,19,31H,2-3,8-9,12-13,15H2,1H3,(H,32,33,35)/t19-/m1/s1. The largest absolute Gasteiger partial charge is 0.350 e. The summed E-state index contributed by atoms with van der Waals surface area (Å²) in [7, 11) is 0. The van der Waals surface area contributed by atoms with Gasteiger partial charge in [-0.15, -0.1) is 0 Å². The lowest BCUT2D eigenvalue weighted by molar-refractivity contribution is -0.116. The van der Waals surface area contributed by atoms with Crippen LogP contribution >= 0.6 is 11.6 Å². The van der Waals surface area contributed by atoms with Crippen molar-refractivity contribution in [2.75, 3.05) is 18.4 Å². The zero-order valence-electron chi connectivity index (χ0n) is 20.4. The molecule has 0 spiro atoms. The number of aromatic nitrogens is 4. The number of imidazole rings is 1. The number of fused-ring (bicyclic) bond motifs is 1. The van der Waals surface area contributed by atoms with E-state index in [2.05, 4.69) is 20.2 Å². The molecule has 1 aliphatic heterocycles. The molecule has 192 valence electrons. The molecule has 1 fully saturated rings. The molecule has 7 nitrogen and oxygen atoms in total. The number of hydrogen-bond acceptors (Lipinski definition) is 6. The van der Waals surface area contributed by atoms with Gasteiger partial charge in [0.1, 0.15) is 17.1 Å². The second kappa shape index (κ2) is 10.9. The van der Waals surface area contributed by atoms with E-state index in [1.165, 1.54) is 6.07 Å². The summed E-state index contributed by atoms with van der Waals surface area (Å²) in [6.07, 6.45) is 4.16. The molecule has 0 saturated carbocycles. The van der Waals surface area contributed by atoms with Crippen LogP contribution in [0.2, 0.25) is 5.02 Å². The molecule has 0 bridgehead atoms. The van der Waals surface area contributed by atoms with Crippen molar-refractivity contribution in [2.24, 2.45) is 5.92 Å². The lowest BCUT2D eigenvalue weighted by atomic mass is 9.99. The topological polar surface area (TPSA) is 84.7 Å². The highest BCUT2D eigenvalue weighted by Crippen LogP contribution is 2.32. The van der Waals surface area contributed by atoms with E-state index in [4.69, 9.17) is 21.6 Å². The van der Waals surface area contributed by atoms with E-state index in [1.807, 2.05) is 18.2 Å². The van der Waals surface area contributed by atoms with Gasteiger partial charge in [-0.1, -0.05) is 23.7 Å². The number of carbonyl (C=O) groups is 1. The number of rotatable bonds is 8. The predicted molar refractivity (Wildman–Crippen MR) is 139 cm³/mol. The third kappa shape index (κ3) is 5.78. The van der Waals surface area contributed by atoms with Crippen molar-refractivity contribution in [1.82, 2.24) is 24.8 Å². The van der Waals surface area contributed by atoms with Gasteiger partial charge in [-0.05, 0) is 74.2 Å². The van der Waals surface area contributed by atoms with Crippen LogP contribution in [0.15, 0.2) is 42.6 Å². The smallest absolute Gasteiger partial charge is 0.225 e. The average molecular weight is 525 g/mol. The summed E-state index contributed by atoms with van der Waals surface area (Å²) in [5, 5.41) is 7.07. The monoisotopic (exact) mass is 524 g/mol. The SMILES string of the molecule is CC(=O)Cc1ccc(-c2nc3cnc(NCc4ccc(F)c(F)c4)nc3n2C[C@@H]2CCCNC2)c(Cl)c1. The van der Waals surface area contributed by atoms with E-state index < -0.39 is 11.6 Å². The minimum Gasteiger partial charge on any atom is -0.350 e. The molecule has 2 aromatic heterocycles. The second-order valence-corrected chi connectivity index (χ2v) is 9.86. The van der Waals surface area contributed by atoms with E-state index in [1.54, 1.807) is 13.1 Å². The summed E-state index contributed by atoms with van der Waals surface area (Å²) in [5.41, 5.74) is 3.46. The zero-order chi connectivity index (χ0) is 25.9. The number of piperidine rings is 1. The third-order valence-electron chi connectivity index (χ3n) is 6.49. The average Bonchev–Trinajstić information content (AvgIpc) is 3.22. The highest BCUT2D eigenvalue weighted by Gasteiger charge is 2.22. The number of benzene rings is 2. The van der Waals surface area contributed by atoms with Crippen molar-refractivity contribution >= 4 is 34.5 Å². The van der Waals surface area contributed by atoms with E-state index in [9.17, 15) is 13.6 Å². The molecule has 2 aromatic carbocycles. The van der Waals surface area contributed by atoms with Crippen LogP contribution in [-0.2, 0) is 24.3 Å². The highest BCUT2D eigenvalue weighted by atomic mass is 35.5. The van der Waals surface area contributed by atoms with Crippen LogP contribution in [0.4, 0.5) is 14.7 Å². The summed E-state index contributed by atoms with van der Waals surface area (Å²) >= 11 is 6.68. The van der Waals surface area contributed by atoms with Crippen molar-refractivity contribution in [3.63, 3.8) is 0 Å². The molecule has 1 aliphatic rings. The van der Waals surface area contributed by atoms with Crippen LogP contribution < -0.4 is 10.6 Å². The molecule has 1 saturated heterocycles. The maximum atomic E-state index is 13.6. The first-order valence-corrected chi connectivity index (χ1v) is 12.6. The number of nitrogens with zero attached hydrogens (tertiary/aromatic N) is 4. The van der Waals surface area contributed by atoms with Gasteiger partial charge >= 0.3 is 0 Å². The molecule has 0 aliphatic carbocycles. The van der Waals surface area contributed by atoms with Gasteiger partial charge in [-0.25, -0.2) is 18.7 Å². The van der Waals surface area contributed by atoms with Crippen LogP contribution in [0.25, 0.3) is 22.6 Å². The Morgan fingerprint density at radius 1 is 1.16 bits per heavy atom. The first-order chi connectivity index (χ1) is 17.9. The highest BCUT2D eigenvalue weighted by molar-refractivity contribution is 6.33. The molecular formula is C27H27ClF2N6O. The Kier molecular flexibility index (Phi) is 7.43. The molecule has 3 heterocycles. The molecule has 0 radical (unpaired) electrons. The molecule has 0 unspecified atom stereocenters. The Labute approximate surface area is 218 Å². The van der Waals surface area contributed by atoms with Crippen LogP contribution in [0, 0.1) is 17.6 Å². The number of nitrogens with one attached hydrogen (secondary N) is 2. The number of hydrogen-bond donors (Lipinski definition) is 2. The summed E-state index contributed by atoms with van der Waals surface area (Å²) in [5.74, 6) is -0.274. The fourth-order valence-electron chi connectivity index (χ4n) is 4.69. The third-order valence-corrected chi connectivity index (χ3v) is 6.80. The first kappa shape index (κ1) is 25.2. The second-order valence-electron chi connectivity index (χ2n) is 9.46. The number of Topliss-reactive ketones (excluding diaryl/α,β-unsaturated/α-hetero) is 1. The van der Waals surface area contributed by atoms with Crippen LogP contribution in [0.1, 0.15) is 30.9 Å². The number of halogens is 3. The van der Waals surface area contributed by atoms with E-state index >= 15 is 0 Å². The van der Waals surface area contributed by atoms with E-state index in [-0.39, 0.29) is 12.3 Å². The zero-order valence-corrected chi connectivity index (χ0v) is 21.2. The molecule has 0 amide bonds. The van der Waals surface area contributed by atoms with Crippen molar-refractivity contribution in [2.45, 2.75) is 39.3 Å². The van der Waals surface area contributed by atoms with E-state index in [0.717, 1.165) is 49.2 Å². The van der Waals surface area contributed by atoms with Crippen LogP contribution in [0.3, 0.4) is 0 Å². The molecule has 2 N–H and O–H groups in total. The van der Waals surface area contributed by atoms with Gasteiger partial charge in [-0.2, -0.15) is 4.98 Å². The van der Waals surface area contributed by atoms with Crippen molar-refractivity contribution in [3.8, 4) is 11.4 Å². The Morgan fingerprint density at radius 3 is 2.73 bits per heavy atom. The summed E-state index contributed by atoms with van der Waals surface area (Å²) in [4.78, 5) is 25.5. The Hall–Kier alpha value is -3.43. The van der Waals surface area contributed by atoms with E-state index in [0.29, 0.717) is 52.4 Å². The molecule has 10 heteroatoms. The summed E-state index contributed by atoms with van der Waals surface area (Å²) in [6.45, 7) is 4.40. The Bertz CT molecular complexity index is 1450. The Balaban J connectivity index is 1.50. The van der Waals surface area contributed by atoms with Gasteiger partial charge in [0.2, 0.25) is 5.95 Å². The molecular weight excluding hydrogens is 498 g/mol. The lowest BCUT2D eigenvalue weighted by Crippen LogP contribution is -2.32. The fourth-order valence-corrected chi connectivity index (χ4v) is 4.98. The minimum atomic E-state index is -0.898. The molecule has 5 rings (SSSR count). The minimum absolute atomic E-state index is 0.0690. The van der Waals surface area contributed by atoms with Gasteiger partial charge < -0.3 is 15.2 Å². The first-order valence-electron chi connectivity index (χ1n) is 12.3. The van der Waals surface area contributed by atoms with Crippen molar-refractivity contribution < 1.29 is 13.6 Å². The number of carbonyl (C=O) groups excluding carboxylic acids is 1.